The van der Waals surface area contributed by atoms with Crippen LogP contribution in [0.25, 0.3) is 0 Å². The molecule has 2 nitrogen and oxygen atoms in total. The lowest BCUT2D eigenvalue weighted by atomic mass is 9.58. The van der Waals surface area contributed by atoms with E-state index in [-0.39, 0.29) is 11.4 Å². The lowest BCUT2D eigenvalue weighted by Gasteiger charge is -2.48. The molecule has 0 heterocycles. The highest BCUT2D eigenvalue weighted by Gasteiger charge is 2.44. The van der Waals surface area contributed by atoms with Crippen LogP contribution in [0.1, 0.15) is 48.0 Å². The van der Waals surface area contributed by atoms with Crippen molar-refractivity contribution in [2.75, 3.05) is 6.61 Å². The smallest absolute Gasteiger partial charge is 0.330 e. The molecule has 0 spiro atoms. The van der Waals surface area contributed by atoms with Gasteiger partial charge in [-0.1, -0.05) is 30.6 Å². The van der Waals surface area contributed by atoms with E-state index >= 15 is 0 Å². The molecule has 1 aliphatic rings. The molecule has 0 aromatic rings. The van der Waals surface area contributed by atoms with Crippen molar-refractivity contribution in [1.29, 1.82) is 0 Å². The summed E-state index contributed by atoms with van der Waals surface area (Å²) in [5.74, 6) is 0.244. The quantitative estimate of drug-likeness (QED) is 0.422. The van der Waals surface area contributed by atoms with Crippen molar-refractivity contribution < 1.29 is 9.53 Å². The monoisotopic (exact) mass is 236 g/mol. The van der Waals surface area contributed by atoms with Crippen molar-refractivity contribution in [2.45, 2.75) is 48.0 Å². The second-order valence-corrected chi connectivity index (χ2v) is 5.95. The standard InChI is InChI=1S/C15H24O2/c1-10(2)7-14(16)17-9-12-8-13(11(3)4)15(12,5)6/h7,12H,8-9H2,1-6H3/t12-/m1/s1. The summed E-state index contributed by atoms with van der Waals surface area (Å²) in [5.41, 5.74) is 4.08. The predicted octanol–water partition coefficient (Wildman–Crippen LogP) is 3.88. The number of hydrogen-bond acceptors (Lipinski definition) is 2. The topological polar surface area (TPSA) is 26.3 Å². The average Bonchev–Trinajstić information content (AvgIpc) is 2.14. The van der Waals surface area contributed by atoms with Gasteiger partial charge in [0, 0.05) is 12.0 Å². The molecule has 1 rings (SSSR count). The number of hydrogen-bond donors (Lipinski definition) is 0. The van der Waals surface area contributed by atoms with Gasteiger partial charge in [0.15, 0.2) is 0 Å². The van der Waals surface area contributed by atoms with E-state index in [4.69, 9.17) is 4.74 Å². The number of rotatable bonds is 3. The SMILES string of the molecule is CC(C)=CC(=O)OC[C@H]1CC(=C(C)C)C1(C)C. The molecule has 1 fully saturated rings. The fourth-order valence-electron chi connectivity index (χ4n) is 2.46. The number of ether oxygens (including phenoxy) is 1. The van der Waals surface area contributed by atoms with Gasteiger partial charge in [-0.2, -0.15) is 0 Å². The number of carbonyl (C=O) groups is 1. The first-order valence-electron chi connectivity index (χ1n) is 6.23. The molecule has 0 bridgehead atoms. The summed E-state index contributed by atoms with van der Waals surface area (Å²) in [7, 11) is 0. The Morgan fingerprint density at radius 2 is 1.94 bits per heavy atom. The first-order chi connectivity index (χ1) is 7.75. The lowest BCUT2D eigenvalue weighted by Crippen LogP contribution is -2.41. The largest absolute Gasteiger partial charge is 0.462 e. The summed E-state index contributed by atoms with van der Waals surface area (Å²) >= 11 is 0. The highest BCUT2D eigenvalue weighted by Crippen LogP contribution is 2.52. The van der Waals surface area contributed by atoms with Gasteiger partial charge in [-0.15, -0.1) is 0 Å². The van der Waals surface area contributed by atoms with Crippen LogP contribution in [0.2, 0.25) is 0 Å². The Kier molecular flexibility index (Phi) is 4.18. The van der Waals surface area contributed by atoms with Gasteiger partial charge >= 0.3 is 5.97 Å². The van der Waals surface area contributed by atoms with E-state index in [2.05, 4.69) is 27.7 Å². The zero-order valence-corrected chi connectivity index (χ0v) is 11.9. The molecular formula is C15H24O2. The van der Waals surface area contributed by atoms with Gasteiger partial charge in [0.2, 0.25) is 0 Å². The number of carbonyl (C=O) groups excluding carboxylic acids is 1. The number of allylic oxidation sites excluding steroid dienone is 3. The van der Waals surface area contributed by atoms with Gasteiger partial charge in [-0.3, -0.25) is 0 Å². The van der Waals surface area contributed by atoms with Crippen LogP contribution in [-0.4, -0.2) is 12.6 Å². The van der Waals surface area contributed by atoms with Crippen LogP contribution in [0.3, 0.4) is 0 Å². The second-order valence-electron chi connectivity index (χ2n) is 5.95. The lowest BCUT2D eigenvalue weighted by molar-refractivity contribution is -0.141. The van der Waals surface area contributed by atoms with E-state index in [1.54, 1.807) is 6.08 Å². The van der Waals surface area contributed by atoms with Gasteiger partial charge < -0.3 is 4.74 Å². The first kappa shape index (κ1) is 14.0. The van der Waals surface area contributed by atoms with Gasteiger partial charge in [0.05, 0.1) is 6.61 Å². The van der Waals surface area contributed by atoms with E-state index in [1.165, 1.54) is 11.1 Å². The highest BCUT2D eigenvalue weighted by atomic mass is 16.5. The van der Waals surface area contributed by atoms with Crippen LogP contribution in [0.5, 0.6) is 0 Å². The van der Waals surface area contributed by atoms with Crippen LogP contribution in [0, 0.1) is 11.3 Å². The van der Waals surface area contributed by atoms with Gasteiger partial charge in [-0.05, 0) is 39.5 Å². The maximum atomic E-state index is 11.4. The summed E-state index contributed by atoms with van der Waals surface area (Å²) in [6.07, 6.45) is 2.62. The Balaban J connectivity index is 2.50. The molecule has 1 atom stereocenters. The van der Waals surface area contributed by atoms with Crippen LogP contribution >= 0.6 is 0 Å². The van der Waals surface area contributed by atoms with E-state index in [9.17, 15) is 4.79 Å². The molecule has 2 heteroatoms. The summed E-state index contributed by atoms with van der Waals surface area (Å²) in [5, 5.41) is 0. The average molecular weight is 236 g/mol. The van der Waals surface area contributed by atoms with Crippen molar-refractivity contribution in [3.63, 3.8) is 0 Å². The van der Waals surface area contributed by atoms with Crippen LogP contribution in [0.4, 0.5) is 0 Å². The molecule has 0 aromatic heterocycles. The zero-order valence-electron chi connectivity index (χ0n) is 11.9. The molecule has 1 aliphatic carbocycles. The Hall–Kier alpha value is -1.05. The minimum absolute atomic E-state index is 0.185. The van der Waals surface area contributed by atoms with E-state index in [0.717, 1.165) is 12.0 Å². The Morgan fingerprint density at radius 1 is 1.35 bits per heavy atom. The summed E-state index contributed by atoms with van der Waals surface area (Å²) in [6, 6.07) is 0. The molecule has 0 saturated heterocycles. The molecule has 0 unspecified atom stereocenters. The van der Waals surface area contributed by atoms with Gasteiger partial charge in [0.25, 0.3) is 0 Å². The van der Waals surface area contributed by atoms with Gasteiger partial charge in [0.1, 0.15) is 0 Å². The molecule has 1 saturated carbocycles. The predicted molar refractivity (Wildman–Crippen MR) is 70.7 cm³/mol. The Labute approximate surface area is 105 Å². The van der Waals surface area contributed by atoms with Crippen molar-refractivity contribution in [3.8, 4) is 0 Å². The molecule has 0 amide bonds. The van der Waals surface area contributed by atoms with Crippen LogP contribution < -0.4 is 0 Å². The third kappa shape index (κ3) is 3.21. The fourth-order valence-corrected chi connectivity index (χ4v) is 2.46. The van der Waals surface area contributed by atoms with Crippen LogP contribution in [0.15, 0.2) is 22.8 Å². The Bertz CT molecular complexity index is 364. The summed E-state index contributed by atoms with van der Waals surface area (Å²) in [6.45, 7) is 13.1. The molecule has 0 radical (unpaired) electrons. The molecule has 0 aliphatic heterocycles. The first-order valence-corrected chi connectivity index (χ1v) is 6.23. The minimum Gasteiger partial charge on any atom is -0.462 e. The maximum Gasteiger partial charge on any atom is 0.330 e. The van der Waals surface area contributed by atoms with Crippen molar-refractivity contribution in [3.05, 3.63) is 22.8 Å². The molecular weight excluding hydrogens is 212 g/mol. The highest BCUT2D eigenvalue weighted by molar-refractivity contribution is 5.82. The maximum absolute atomic E-state index is 11.4. The molecule has 17 heavy (non-hydrogen) atoms. The second kappa shape index (κ2) is 5.07. The van der Waals surface area contributed by atoms with Crippen molar-refractivity contribution in [2.24, 2.45) is 11.3 Å². The van der Waals surface area contributed by atoms with Crippen LogP contribution in [-0.2, 0) is 9.53 Å². The summed E-state index contributed by atoms with van der Waals surface area (Å²) in [4.78, 5) is 11.4. The Morgan fingerprint density at radius 3 is 2.35 bits per heavy atom. The van der Waals surface area contributed by atoms with Crippen molar-refractivity contribution >= 4 is 5.97 Å². The van der Waals surface area contributed by atoms with Gasteiger partial charge in [-0.25, -0.2) is 4.79 Å². The van der Waals surface area contributed by atoms with E-state index < -0.39 is 0 Å². The minimum atomic E-state index is -0.216. The zero-order chi connectivity index (χ0) is 13.2. The molecule has 0 N–H and O–H groups in total. The van der Waals surface area contributed by atoms with Crippen molar-refractivity contribution in [1.82, 2.24) is 0 Å². The number of esters is 1. The van der Waals surface area contributed by atoms with E-state index in [0.29, 0.717) is 12.5 Å². The van der Waals surface area contributed by atoms with E-state index in [1.807, 2.05) is 13.8 Å². The molecule has 0 aromatic carbocycles. The summed E-state index contributed by atoms with van der Waals surface area (Å²) < 4.78 is 5.28. The fraction of sp³-hybridized carbons (Fsp3) is 0.667. The molecule has 96 valence electrons. The third-order valence-corrected chi connectivity index (χ3v) is 3.69. The normalized spacial score (nSPS) is 21.5. The third-order valence-electron chi connectivity index (χ3n) is 3.69.